The van der Waals surface area contributed by atoms with Crippen LogP contribution in [0.4, 0.5) is 0 Å². The molecule has 6 aromatic carbocycles. The van der Waals surface area contributed by atoms with Crippen LogP contribution in [0.15, 0.2) is 170 Å². The Labute approximate surface area is 342 Å². The first kappa shape index (κ1) is 32.1. The monoisotopic (exact) mass is 876 g/mol. The molecule has 0 unspecified atom stereocenters. The summed E-state index contributed by atoms with van der Waals surface area (Å²) in [7, 11) is 0. The van der Waals surface area contributed by atoms with Gasteiger partial charge in [0.1, 0.15) is 0 Å². The van der Waals surface area contributed by atoms with Gasteiger partial charge in [0.25, 0.3) is 0 Å². The Bertz CT molecular complexity index is 3500. The van der Waals surface area contributed by atoms with Crippen LogP contribution in [-0.2, 0) is 0 Å². The van der Waals surface area contributed by atoms with Crippen molar-refractivity contribution < 1.29 is 0 Å². The molecule has 0 saturated carbocycles. The third-order valence-corrected chi connectivity index (χ3v) is 17.4. The Balaban J connectivity index is 0.886. The van der Waals surface area contributed by atoms with Crippen molar-refractivity contribution in [2.24, 2.45) is 0 Å². The summed E-state index contributed by atoms with van der Waals surface area (Å²) in [6.07, 6.45) is 4.09. The molecule has 57 heavy (non-hydrogen) atoms. The van der Waals surface area contributed by atoms with Crippen molar-refractivity contribution in [3.63, 3.8) is 0 Å². The van der Waals surface area contributed by atoms with Crippen LogP contribution in [0.3, 0.4) is 0 Å². The molecule has 0 bridgehead atoms. The fourth-order valence-electron chi connectivity index (χ4n) is 9.01. The fourth-order valence-corrected chi connectivity index (χ4v) is 14.6. The number of aromatic nitrogens is 4. The first-order chi connectivity index (χ1) is 28.3. The molecule has 0 N–H and O–H groups in total. The van der Waals surface area contributed by atoms with Crippen LogP contribution in [-0.4, -0.2) is 48.1 Å². The molecule has 7 heterocycles. The molecule has 0 fully saturated rings. The van der Waals surface area contributed by atoms with Crippen molar-refractivity contribution in [3.8, 4) is 32.5 Å². The normalized spacial score (nSPS) is 12.2. The van der Waals surface area contributed by atoms with E-state index in [9.17, 15) is 0 Å². The molecule has 0 aliphatic heterocycles. The molecule has 0 atom stereocenters. The van der Waals surface area contributed by atoms with Gasteiger partial charge in [-0.3, -0.25) is 0 Å². The van der Waals surface area contributed by atoms with Gasteiger partial charge in [-0.05, 0) is 0 Å². The van der Waals surface area contributed by atoms with Crippen molar-refractivity contribution in [2.45, 2.75) is 0 Å². The Hall–Kier alpha value is -6.04. The molecule has 7 aromatic heterocycles. The van der Waals surface area contributed by atoms with Crippen LogP contribution in [0, 0.1) is 0 Å². The van der Waals surface area contributed by atoms with Crippen molar-refractivity contribution in [3.05, 3.63) is 170 Å². The van der Waals surface area contributed by atoms with Crippen molar-refractivity contribution >= 4 is 123 Å². The van der Waals surface area contributed by atoms with Gasteiger partial charge in [-0.15, -0.1) is 0 Å². The molecule has 7 heteroatoms. The predicted molar refractivity (Wildman–Crippen MR) is 243 cm³/mol. The first-order valence-electron chi connectivity index (χ1n) is 19.0. The number of nitrogens with zero attached hydrogens (tertiary/aromatic N) is 4. The SMILES string of the molecule is c1ccc2c(c1)[se]c1ccc3c4ccccc4n(-c4ccc(-c5ccc(-c6ccc(-n7c8ccccc8c8ccc9[se]c%10ccccc%10c9c87)cn6)s5)nc4)c3c12. The summed E-state index contributed by atoms with van der Waals surface area (Å²) in [6, 6.07) is 57.9. The molecule has 0 radical (unpaired) electrons. The van der Waals surface area contributed by atoms with E-state index in [0.29, 0.717) is 29.0 Å². The molecule has 4 nitrogen and oxygen atoms in total. The van der Waals surface area contributed by atoms with Crippen molar-refractivity contribution in [2.75, 3.05) is 0 Å². The molecule has 0 amide bonds. The van der Waals surface area contributed by atoms with Gasteiger partial charge in [-0.25, -0.2) is 0 Å². The number of thiophene rings is 1. The van der Waals surface area contributed by atoms with Gasteiger partial charge < -0.3 is 0 Å². The summed E-state index contributed by atoms with van der Waals surface area (Å²) in [5.74, 6) is 0. The van der Waals surface area contributed by atoms with E-state index in [4.69, 9.17) is 9.97 Å². The minimum atomic E-state index is 0.300. The van der Waals surface area contributed by atoms with Crippen LogP contribution in [0.2, 0.25) is 0 Å². The second kappa shape index (κ2) is 12.2. The zero-order valence-electron chi connectivity index (χ0n) is 30.2. The quantitative estimate of drug-likeness (QED) is 0.165. The molecule has 0 saturated heterocycles. The van der Waals surface area contributed by atoms with Crippen LogP contribution in [0.5, 0.6) is 0 Å². The Kier molecular flexibility index (Phi) is 6.88. The maximum atomic E-state index is 5.08. The van der Waals surface area contributed by atoms with Crippen LogP contribution in [0.25, 0.3) is 115 Å². The summed E-state index contributed by atoms with van der Waals surface area (Å²) in [5.41, 5.74) is 9.04. The molecule has 0 aliphatic rings. The summed E-state index contributed by atoms with van der Waals surface area (Å²) in [6.45, 7) is 0. The number of para-hydroxylation sites is 2. The summed E-state index contributed by atoms with van der Waals surface area (Å²) >= 11 is 2.34. The van der Waals surface area contributed by atoms with Gasteiger partial charge in [0.2, 0.25) is 0 Å². The van der Waals surface area contributed by atoms with E-state index in [1.54, 1.807) is 11.3 Å². The van der Waals surface area contributed by atoms with Crippen LogP contribution < -0.4 is 0 Å². The molecular formula is C50H28N4SSe2. The van der Waals surface area contributed by atoms with Crippen molar-refractivity contribution in [1.29, 1.82) is 0 Å². The van der Waals surface area contributed by atoms with E-state index in [0.717, 1.165) is 32.5 Å². The average Bonchev–Trinajstić information content (AvgIpc) is 4.10. The Morgan fingerprint density at radius 1 is 0.368 bits per heavy atom. The summed E-state index contributed by atoms with van der Waals surface area (Å²) in [4.78, 5) is 12.4. The summed E-state index contributed by atoms with van der Waals surface area (Å²) < 4.78 is 10.7. The van der Waals surface area contributed by atoms with E-state index >= 15 is 0 Å². The molecule has 13 rings (SSSR count). The third-order valence-electron chi connectivity index (χ3n) is 11.5. The average molecular weight is 875 g/mol. The topological polar surface area (TPSA) is 35.6 Å². The molecule has 266 valence electrons. The van der Waals surface area contributed by atoms with Gasteiger partial charge in [0.05, 0.1) is 0 Å². The van der Waals surface area contributed by atoms with E-state index in [2.05, 4.69) is 167 Å². The van der Waals surface area contributed by atoms with E-state index in [1.165, 1.54) is 82.2 Å². The van der Waals surface area contributed by atoms with Crippen LogP contribution in [0.1, 0.15) is 0 Å². The maximum absolute atomic E-state index is 5.08. The standard InChI is InChI=1S/C50H28N4SSe2/c1-5-13-39-31(9-1)33-19-25-45-47(35-11-3-7-15-43(35)56-45)49(33)53(39)29-17-21-37(51-27-29)41-23-24-42(55-41)38-22-18-30(28-52-38)54-40-14-6-2-10-32(40)34-20-26-46-48(50(34)54)36-12-4-8-16-44(36)57-46/h1-28H. The zero-order valence-corrected chi connectivity index (χ0v) is 34.4. The van der Waals surface area contributed by atoms with E-state index in [-0.39, 0.29) is 0 Å². The second-order valence-electron chi connectivity index (χ2n) is 14.5. The Morgan fingerprint density at radius 3 is 1.26 bits per heavy atom. The van der Waals surface area contributed by atoms with Gasteiger partial charge in [-0.1, -0.05) is 0 Å². The summed E-state index contributed by atoms with van der Waals surface area (Å²) in [5, 5.41) is 10.6. The third kappa shape index (κ3) is 4.66. The van der Waals surface area contributed by atoms with Gasteiger partial charge >= 0.3 is 344 Å². The molecule has 0 spiro atoms. The number of rotatable bonds is 4. The van der Waals surface area contributed by atoms with Gasteiger partial charge in [0, 0.05) is 0 Å². The zero-order chi connectivity index (χ0) is 37.2. The number of pyridine rings is 2. The Morgan fingerprint density at radius 2 is 0.807 bits per heavy atom. The number of hydrogen-bond acceptors (Lipinski definition) is 3. The van der Waals surface area contributed by atoms with Crippen LogP contribution >= 0.6 is 11.3 Å². The first-order valence-corrected chi connectivity index (χ1v) is 23.2. The number of hydrogen-bond donors (Lipinski definition) is 0. The minimum absolute atomic E-state index is 0.300. The van der Waals surface area contributed by atoms with E-state index in [1.807, 2.05) is 12.4 Å². The van der Waals surface area contributed by atoms with Gasteiger partial charge in [-0.2, -0.15) is 0 Å². The van der Waals surface area contributed by atoms with Gasteiger partial charge in [0.15, 0.2) is 0 Å². The molecule has 0 aliphatic carbocycles. The number of fused-ring (bicyclic) bond motifs is 14. The second-order valence-corrected chi connectivity index (χ2v) is 20.2. The fraction of sp³-hybridized carbons (Fsp3) is 0. The molecular weight excluding hydrogens is 847 g/mol. The van der Waals surface area contributed by atoms with Crippen molar-refractivity contribution in [1.82, 2.24) is 19.1 Å². The predicted octanol–water partition coefficient (Wildman–Crippen LogP) is 12.8. The van der Waals surface area contributed by atoms with E-state index < -0.39 is 0 Å². The number of benzene rings is 6. The molecule has 13 aromatic rings.